The monoisotopic (exact) mass is 301 g/mol. The predicted molar refractivity (Wildman–Crippen MR) is 65.2 cm³/mol. The summed E-state index contributed by atoms with van der Waals surface area (Å²) in [6.07, 6.45) is 2.10. The maximum atomic E-state index is 12.9. The smallest absolute Gasteiger partial charge is 0.317 e. The molecule has 1 aromatic rings. The zero-order valence-corrected chi connectivity index (χ0v) is 10.8. The van der Waals surface area contributed by atoms with Crippen molar-refractivity contribution in [3.05, 3.63) is 34.1 Å². The third kappa shape index (κ3) is 3.51. The normalized spacial score (nSPS) is 15.2. The van der Waals surface area contributed by atoms with E-state index in [1.165, 1.54) is 12.1 Å². The highest BCUT2D eigenvalue weighted by Gasteiger charge is 2.30. The first-order valence-electron chi connectivity index (χ1n) is 5.46. The van der Waals surface area contributed by atoms with Crippen LogP contribution in [0.3, 0.4) is 0 Å². The minimum absolute atomic E-state index is 0.0362. The third-order valence-electron chi connectivity index (χ3n) is 2.79. The van der Waals surface area contributed by atoms with Gasteiger partial charge < -0.3 is 5.11 Å². The van der Waals surface area contributed by atoms with Crippen molar-refractivity contribution in [2.45, 2.75) is 25.4 Å². The summed E-state index contributed by atoms with van der Waals surface area (Å²) in [5.41, 5.74) is 0.916. The lowest BCUT2D eigenvalue weighted by Gasteiger charge is -2.20. The highest BCUT2D eigenvalue weighted by atomic mass is 79.9. The van der Waals surface area contributed by atoms with E-state index in [0.29, 0.717) is 17.1 Å². The number of carboxylic acids is 1. The minimum Gasteiger partial charge on any atom is -0.480 e. The standard InChI is InChI=1S/C12H13BrFNO2/c13-11-5-9(14)2-1-8(11)6-15(7-12(16)17)10-3-4-10/h1-2,5,10H,3-4,6-7H2,(H,16,17). The van der Waals surface area contributed by atoms with E-state index in [-0.39, 0.29) is 12.4 Å². The first kappa shape index (κ1) is 12.5. The molecule has 1 saturated carbocycles. The van der Waals surface area contributed by atoms with E-state index in [1.54, 1.807) is 6.07 Å². The van der Waals surface area contributed by atoms with Gasteiger partial charge in [0.2, 0.25) is 0 Å². The molecule has 0 heterocycles. The molecular weight excluding hydrogens is 289 g/mol. The fraction of sp³-hybridized carbons (Fsp3) is 0.417. The molecule has 0 atom stereocenters. The van der Waals surface area contributed by atoms with Crippen molar-refractivity contribution in [2.24, 2.45) is 0 Å². The Morgan fingerprint density at radius 3 is 2.76 bits per heavy atom. The van der Waals surface area contributed by atoms with Crippen LogP contribution in [0.25, 0.3) is 0 Å². The van der Waals surface area contributed by atoms with Crippen LogP contribution in [0.1, 0.15) is 18.4 Å². The highest BCUT2D eigenvalue weighted by Crippen LogP contribution is 2.29. The topological polar surface area (TPSA) is 40.5 Å². The van der Waals surface area contributed by atoms with E-state index in [4.69, 9.17) is 5.11 Å². The summed E-state index contributed by atoms with van der Waals surface area (Å²) in [6.45, 7) is 0.576. The van der Waals surface area contributed by atoms with Crippen molar-refractivity contribution in [1.29, 1.82) is 0 Å². The Hall–Kier alpha value is -0.940. The van der Waals surface area contributed by atoms with Crippen molar-refractivity contribution in [1.82, 2.24) is 4.90 Å². The van der Waals surface area contributed by atoms with Crippen LogP contribution >= 0.6 is 15.9 Å². The third-order valence-corrected chi connectivity index (χ3v) is 3.53. The number of nitrogens with zero attached hydrogens (tertiary/aromatic N) is 1. The van der Waals surface area contributed by atoms with E-state index in [0.717, 1.165) is 18.4 Å². The van der Waals surface area contributed by atoms with Crippen molar-refractivity contribution in [3.63, 3.8) is 0 Å². The molecule has 1 aliphatic rings. The van der Waals surface area contributed by atoms with Gasteiger partial charge in [0.05, 0.1) is 6.54 Å². The fourth-order valence-electron chi connectivity index (χ4n) is 1.80. The second-order valence-electron chi connectivity index (χ2n) is 4.27. The van der Waals surface area contributed by atoms with Crippen molar-refractivity contribution >= 4 is 21.9 Å². The molecular formula is C12H13BrFNO2. The average Bonchev–Trinajstić information content (AvgIpc) is 3.03. The molecule has 3 nitrogen and oxygen atoms in total. The van der Waals surface area contributed by atoms with Crippen molar-refractivity contribution < 1.29 is 14.3 Å². The maximum absolute atomic E-state index is 12.9. The van der Waals surface area contributed by atoms with E-state index in [1.807, 2.05) is 4.90 Å². The maximum Gasteiger partial charge on any atom is 0.317 e. The Morgan fingerprint density at radius 2 is 2.24 bits per heavy atom. The molecule has 0 aliphatic heterocycles. The summed E-state index contributed by atoms with van der Waals surface area (Å²) >= 11 is 3.30. The molecule has 1 fully saturated rings. The Bertz CT molecular complexity index is 435. The molecule has 1 aliphatic carbocycles. The SMILES string of the molecule is O=C(O)CN(Cc1ccc(F)cc1Br)C1CC1. The Labute approximate surface area is 107 Å². The van der Waals surface area contributed by atoms with E-state index in [2.05, 4.69) is 15.9 Å². The summed E-state index contributed by atoms with van der Waals surface area (Å²) in [7, 11) is 0. The first-order chi connectivity index (χ1) is 8.06. The largest absolute Gasteiger partial charge is 0.480 e. The van der Waals surface area contributed by atoms with Gasteiger partial charge >= 0.3 is 5.97 Å². The number of carboxylic acid groups (broad SMARTS) is 1. The molecule has 0 aromatic heterocycles. The van der Waals surface area contributed by atoms with Gasteiger partial charge in [-0.3, -0.25) is 9.69 Å². The van der Waals surface area contributed by atoms with E-state index >= 15 is 0 Å². The molecule has 2 rings (SSSR count). The molecule has 0 saturated heterocycles. The predicted octanol–water partition coefficient (Wildman–Crippen LogP) is 2.64. The van der Waals surface area contributed by atoms with Crippen LogP contribution in [0.4, 0.5) is 4.39 Å². The van der Waals surface area contributed by atoms with Crippen molar-refractivity contribution in [2.75, 3.05) is 6.54 Å². The molecule has 0 radical (unpaired) electrons. The lowest BCUT2D eigenvalue weighted by molar-refractivity contribution is -0.138. The lowest BCUT2D eigenvalue weighted by Crippen LogP contribution is -2.31. The van der Waals surface area contributed by atoms with Gasteiger partial charge in [-0.15, -0.1) is 0 Å². The zero-order valence-electron chi connectivity index (χ0n) is 9.20. The number of hydrogen-bond donors (Lipinski definition) is 1. The van der Waals surface area contributed by atoms with Gasteiger partial charge in [0.1, 0.15) is 5.82 Å². The van der Waals surface area contributed by atoms with Crippen LogP contribution in [0.15, 0.2) is 22.7 Å². The summed E-state index contributed by atoms with van der Waals surface area (Å²) < 4.78 is 13.6. The van der Waals surface area contributed by atoms with Crippen LogP contribution in [-0.2, 0) is 11.3 Å². The van der Waals surface area contributed by atoms with Crippen LogP contribution in [-0.4, -0.2) is 28.6 Å². The second-order valence-corrected chi connectivity index (χ2v) is 5.12. The molecule has 0 bridgehead atoms. The molecule has 5 heteroatoms. The zero-order chi connectivity index (χ0) is 12.4. The first-order valence-corrected chi connectivity index (χ1v) is 6.25. The lowest BCUT2D eigenvalue weighted by atomic mass is 10.2. The molecule has 1 aromatic carbocycles. The second kappa shape index (κ2) is 5.14. The fourth-order valence-corrected chi connectivity index (χ4v) is 2.27. The Morgan fingerprint density at radius 1 is 1.53 bits per heavy atom. The molecule has 0 spiro atoms. The molecule has 92 valence electrons. The summed E-state index contributed by atoms with van der Waals surface area (Å²) in [4.78, 5) is 12.7. The number of hydrogen-bond acceptors (Lipinski definition) is 2. The van der Waals surface area contributed by atoms with Gasteiger partial charge in [-0.1, -0.05) is 22.0 Å². The number of rotatable bonds is 5. The molecule has 1 N–H and O–H groups in total. The van der Waals surface area contributed by atoms with Gasteiger partial charge in [-0.05, 0) is 30.5 Å². The van der Waals surface area contributed by atoms with Gasteiger partial charge in [-0.2, -0.15) is 0 Å². The van der Waals surface area contributed by atoms with Gasteiger partial charge in [0, 0.05) is 17.1 Å². The van der Waals surface area contributed by atoms with Crippen LogP contribution in [0.5, 0.6) is 0 Å². The number of benzene rings is 1. The van der Waals surface area contributed by atoms with E-state index < -0.39 is 5.97 Å². The molecule has 0 amide bonds. The number of halogens is 2. The Balaban J connectivity index is 2.08. The number of aliphatic carboxylic acids is 1. The average molecular weight is 302 g/mol. The quantitative estimate of drug-likeness (QED) is 0.909. The van der Waals surface area contributed by atoms with Crippen LogP contribution in [0, 0.1) is 5.82 Å². The van der Waals surface area contributed by atoms with Gasteiger partial charge in [0.25, 0.3) is 0 Å². The van der Waals surface area contributed by atoms with Crippen LogP contribution in [0.2, 0.25) is 0 Å². The summed E-state index contributed by atoms with van der Waals surface area (Å²) in [6, 6.07) is 4.85. The highest BCUT2D eigenvalue weighted by molar-refractivity contribution is 9.10. The van der Waals surface area contributed by atoms with Crippen molar-refractivity contribution in [3.8, 4) is 0 Å². The number of carbonyl (C=O) groups is 1. The van der Waals surface area contributed by atoms with Gasteiger partial charge in [0.15, 0.2) is 0 Å². The Kier molecular flexibility index (Phi) is 3.79. The van der Waals surface area contributed by atoms with E-state index in [9.17, 15) is 9.18 Å². The minimum atomic E-state index is -0.824. The summed E-state index contributed by atoms with van der Waals surface area (Å²) in [5, 5.41) is 8.84. The van der Waals surface area contributed by atoms with Gasteiger partial charge in [-0.25, -0.2) is 4.39 Å². The molecule has 0 unspecified atom stereocenters. The molecule has 17 heavy (non-hydrogen) atoms. The van der Waals surface area contributed by atoms with Crippen LogP contribution < -0.4 is 0 Å². The summed E-state index contributed by atoms with van der Waals surface area (Å²) in [5.74, 6) is -1.12.